The summed E-state index contributed by atoms with van der Waals surface area (Å²) >= 11 is 0. The number of carbonyl (C=O) groups excluding carboxylic acids is 5. The predicted octanol–water partition coefficient (Wildman–Crippen LogP) is 2.41. The second-order valence-electron chi connectivity index (χ2n) is 10.6. The summed E-state index contributed by atoms with van der Waals surface area (Å²) in [4.78, 5) is 69.0. The molecule has 0 fully saturated rings. The number of amides is 5. The molecule has 0 unspecified atom stereocenters. The fraction of sp³-hybridized carbons (Fsp3) is 0.452. The second kappa shape index (κ2) is 16.3. The molecule has 11 nitrogen and oxygen atoms in total. The highest BCUT2D eigenvalue weighted by Crippen LogP contribution is 2.20. The number of nitrogens with one attached hydrogen (secondary N) is 3. The zero-order valence-corrected chi connectivity index (χ0v) is 25.2. The van der Waals surface area contributed by atoms with Gasteiger partial charge < -0.3 is 21.7 Å². The van der Waals surface area contributed by atoms with Gasteiger partial charge in [0, 0.05) is 19.0 Å². The van der Waals surface area contributed by atoms with Gasteiger partial charge in [0.05, 0.1) is 7.11 Å². The number of hydroxylamine groups is 2. The highest BCUT2D eigenvalue weighted by atomic mass is 16.7. The van der Waals surface area contributed by atoms with Crippen LogP contribution in [0.1, 0.15) is 57.3 Å². The molecule has 0 aliphatic heterocycles. The lowest BCUT2D eigenvalue weighted by Gasteiger charge is -2.29. The molecule has 0 spiro atoms. The van der Waals surface area contributed by atoms with Gasteiger partial charge in [-0.1, -0.05) is 76.6 Å². The SMILES string of the molecule is CC[C@H](C)[C@H](NC(=O)c1ccc(-c2ccccc2)cc1)C(=O)N[C@@H](C(=O)N[C@@H](CCC(N)=O)C(=O)N(C)OC)C(C)C. The Balaban J connectivity index is 2.19. The van der Waals surface area contributed by atoms with Crippen LogP contribution in [0.5, 0.6) is 0 Å². The van der Waals surface area contributed by atoms with Crippen molar-refractivity contribution in [1.82, 2.24) is 21.0 Å². The molecule has 0 bridgehead atoms. The first kappa shape index (κ1) is 34.0. The van der Waals surface area contributed by atoms with Crippen molar-refractivity contribution in [2.75, 3.05) is 14.2 Å². The lowest BCUT2D eigenvalue weighted by molar-refractivity contribution is -0.172. The maximum absolute atomic E-state index is 13.5. The molecule has 0 heterocycles. The number of benzene rings is 2. The number of carbonyl (C=O) groups is 5. The maximum atomic E-state index is 13.5. The maximum Gasteiger partial charge on any atom is 0.268 e. The molecular formula is C31H43N5O6. The van der Waals surface area contributed by atoms with E-state index in [4.69, 9.17) is 10.6 Å². The van der Waals surface area contributed by atoms with Gasteiger partial charge in [0.15, 0.2) is 0 Å². The molecular weight excluding hydrogens is 538 g/mol. The zero-order chi connectivity index (χ0) is 31.4. The van der Waals surface area contributed by atoms with Gasteiger partial charge in [-0.15, -0.1) is 0 Å². The van der Waals surface area contributed by atoms with Crippen LogP contribution in [-0.2, 0) is 24.0 Å². The number of primary amides is 1. The molecule has 228 valence electrons. The van der Waals surface area contributed by atoms with E-state index in [-0.39, 0.29) is 24.7 Å². The van der Waals surface area contributed by atoms with E-state index in [0.717, 1.165) is 16.2 Å². The van der Waals surface area contributed by atoms with E-state index in [1.54, 1.807) is 26.0 Å². The zero-order valence-electron chi connectivity index (χ0n) is 25.2. The number of hydrogen-bond acceptors (Lipinski definition) is 6. The number of nitrogens with zero attached hydrogens (tertiary/aromatic N) is 1. The Morgan fingerprint density at radius 3 is 1.93 bits per heavy atom. The third kappa shape index (κ3) is 9.69. The number of nitrogens with two attached hydrogens (primary N) is 1. The van der Waals surface area contributed by atoms with Crippen LogP contribution in [0.15, 0.2) is 54.6 Å². The van der Waals surface area contributed by atoms with Crippen LogP contribution in [0, 0.1) is 11.8 Å². The van der Waals surface area contributed by atoms with Gasteiger partial charge in [0.1, 0.15) is 18.1 Å². The van der Waals surface area contributed by atoms with Crippen molar-refractivity contribution in [1.29, 1.82) is 0 Å². The van der Waals surface area contributed by atoms with Crippen molar-refractivity contribution in [3.05, 3.63) is 60.2 Å². The molecule has 0 aliphatic rings. The fourth-order valence-corrected chi connectivity index (χ4v) is 4.26. The Hall–Kier alpha value is -4.25. The summed E-state index contributed by atoms with van der Waals surface area (Å²) in [6.07, 6.45) is 0.416. The van der Waals surface area contributed by atoms with Gasteiger partial charge in [0.2, 0.25) is 17.7 Å². The minimum absolute atomic E-state index is 0.0407. The quantitative estimate of drug-likeness (QED) is 0.236. The van der Waals surface area contributed by atoms with Gasteiger partial charge >= 0.3 is 0 Å². The molecule has 2 aromatic rings. The summed E-state index contributed by atoms with van der Waals surface area (Å²) in [6, 6.07) is 13.8. The van der Waals surface area contributed by atoms with E-state index in [1.807, 2.05) is 56.3 Å². The normalized spacial score (nSPS) is 13.8. The first-order valence-corrected chi connectivity index (χ1v) is 14.1. The van der Waals surface area contributed by atoms with Gasteiger partial charge in [-0.3, -0.25) is 28.8 Å². The van der Waals surface area contributed by atoms with E-state index < -0.39 is 47.7 Å². The molecule has 0 saturated carbocycles. The summed E-state index contributed by atoms with van der Waals surface area (Å²) in [5.41, 5.74) is 7.62. The Labute approximate surface area is 247 Å². The number of hydrogen-bond donors (Lipinski definition) is 4. The minimum atomic E-state index is -1.10. The fourth-order valence-electron chi connectivity index (χ4n) is 4.26. The molecule has 0 saturated heterocycles. The van der Waals surface area contributed by atoms with Crippen LogP contribution in [0.4, 0.5) is 0 Å². The average Bonchev–Trinajstić information content (AvgIpc) is 2.99. The Morgan fingerprint density at radius 2 is 1.40 bits per heavy atom. The van der Waals surface area contributed by atoms with Crippen LogP contribution in [0.3, 0.4) is 0 Å². The molecule has 0 radical (unpaired) electrons. The molecule has 11 heteroatoms. The van der Waals surface area contributed by atoms with Crippen LogP contribution in [0.25, 0.3) is 11.1 Å². The topological polar surface area (TPSA) is 160 Å². The Bertz CT molecular complexity index is 1220. The van der Waals surface area contributed by atoms with Crippen molar-refractivity contribution >= 4 is 29.5 Å². The molecule has 2 rings (SSSR count). The first-order valence-electron chi connectivity index (χ1n) is 14.1. The molecule has 2 aromatic carbocycles. The van der Waals surface area contributed by atoms with Crippen molar-refractivity contribution in [2.24, 2.45) is 17.6 Å². The summed E-state index contributed by atoms with van der Waals surface area (Å²) in [5.74, 6) is -3.37. The number of rotatable bonds is 15. The monoisotopic (exact) mass is 581 g/mol. The third-order valence-electron chi connectivity index (χ3n) is 7.16. The van der Waals surface area contributed by atoms with Crippen LogP contribution >= 0.6 is 0 Å². The standard InChI is InChI=1S/C31H43N5O6/c1-7-20(4)27(35-28(38)23-15-13-22(14-16-23)21-11-9-8-10-12-21)30(40)34-26(19(2)3)29(39)33-24(17-18-25(32)37)31(41)36(5)42-6/h8-16,19-20,24,26-27H,7,17-18H2,1-6H3,(H2,32,37)(H,33,39)(H,34,40)(H,35,38)/t20-,24-,26+,27-/m0/s1. The van der Waals surface area contributed by atoms with E-state index >= 15 is 0 Å². The lowest BCUT2D eigenvalue weighted by Crippen LogP contribution is -2.59. The Morgan fingerprint density at radius 1 is 0.833 bits per heavy atom. The van der Waals surface area contributed by atoms with Crippen molar-refractivity contribution in [3.8, 4) is 11.1 Å². The molecule has 5 N–H and O–H groups in total. The molecule has 42 heavy (non-hydrogen) atoms. The summed E-state index contributed by atoms with van der Waals surface area (Å²) in [6.45, 7) is 7.24. The molecule has 4 atom stereocenters. The highest BCUT2D eigenvalue weighted by Gasteiger charge is 2.34. The summed E-state index contributed by atoms with van der Waals surface area (Å²) < 4.78 is 0. The highest BCUT2D eigenvalue weighted by molar-refractivity contribution is 5.99. The number of likely N-dealkylation sites (N-methyl/N-ethyl adjacent to an activating group) is 1. The van der Waals surface area contributed by atoms with Crippen LogP contribution in [-0.4, -0.2) is 66.9 Å². The summed E-state index contributed by atoms with van der Waals surface area (Å²) in [5, 5.41) is 9.15. The van der Waals surface area contributed by atoms with Gasteiger partial charge in [0.25, 0.3) is 11.8 Å². The summed E-state index contributed by atoms with van der Waals surface area (Å²) in [7, 11) is 2.67. The molecule has 0 aliphatic carbocycles. The van der Waals surface area contributed by atoms with Crippen molar-refractivity contribution in [2.45, 2.75) is 65.1 Å². The predicted molar refractivity (Wildman–Crippen MR) is 159 cm³/mol. The Kier molecular flexibility index (Phi) is 13.1. The second-order valence-corrected chi connectivity index (χ2v) is 10.6. The van der Waals surface area contributed by atoms with Crippen LogP contribution in [0.2, 0.25) is 0 Å². The average molecular weight is 582 g/mol. The first-order chi connectivity index (χ1) is 19.9. The van der Waals surface area contributed by atoms with Gasteiger partial charge in [-0.05, 0) is 41.5 Å². The lowest BCUT2D eigenvalue weighted by atomic mass is 9.95. The molecule has 5 amide bonds. The van der Waals surface area contributed by atoms with Crippen molar-refractivity contribution in [3.63, 3.8) is 0 Å². The van der Waals surface area contributed by atoms with E-state index in [2.05, 4.69) is 16.0 Å². The van der Waals surface area contributed by atoms with Crippen molar-refractivity contribution < 1.29 is 28.8 Å². The largest absolute Gasteiger partial charge is 0.370 e. The third-order valence-corrected chi connectivity index (χ3v) is 7.16. The van der Waals surface area contributed by atoms with E-state index in [9.17, 15) is 24.0 Å². The van der Waals surface area contributed by atoms with Crippen LogP contribution < -0.4 is 21.7 Å². The smallest absolute Gasteiger partial charge is 0.268 e. The van der Waals surface area contributed by atoms with Gasteiger partial charge in [-0.2, -0.15) is 0 Å². The minimum Gasteiger partial charge on any atom is -0.370 e. The van der Waals surface area contributed by atoms with Gasteiger partial charge in [-0.25, -0.2) is 5.06 Å². The molecule has 0 aromatic heterocycles. The van der Waals surface area contributed by atoms with E-state index in [1.165, 1.54) is 14.2 Å². The van der Waals surface area contributed by atoms with E-state index in [0.29, 0.717) is 12.0 Å².